The summed E-state index contributed by atoms with van der Waals surface area (Å²) >= 11 is 7.06. The van der Waals surface area contributed by atoms with Crippen LogP contribution in [0, 0.1) is 10.7 Å². The maximum Gasteiger partial charge on any atom is 0.314 e. The van der Waals surface area contributed by atoms with Gasteiger partial charge < -0.3 is 5.11 Å². The van der Waals surface area contributed by atoms with Crippen molar-refractivity contribution in [3.63, 3.8) is 0 Å². The molecule has 0 aliphatic carbocycles. The third-order valence-corrected chi connectivity index (χ3v) is 9.04. The predicted octanol–water partition coefficient (Wildman–Crippen LogP) is 8.04. The van der Waals surface area contributed by atoms with E-state index in [4.69, 9.17) is 0 Å². The zero-order valence-electron chi connectivity index (χ0n) is 17.3. The number of hydrogen-bond acceptors (Lipinski definition) is 1. The van der Waals surface area contributed by atoms with Gasteiger partial charge in [-0.2, -0.15) is 0 Å². The van der Waals surface area contributed by atoms with E-state index in [0.29, 0.717) is 12.8 Å². The van der Waals surface area contributed by atoms with E-state index in [9.17, 15) is 9.90 Å². The lowest BCUT2D eigenvalue weighted by Crippen LogP contribution is -2.38. The summed E-state index contributed by atoms with van der Waals surface area (Å²) in [4.78, 5) is 12.8. The van der Waals surface area contributed by atoms with Crippen LogP contribution in [-0.2, 0) is 16.6 Å². The first kappa shape index (κ1) is 25.0. The number of carboxylic acid groups (broad SMARTS) is 1. The molecule has 0 saturated carbocycles. The average Bonchev–Trinajstić information content (AvgIpc) is 2.76. The van der Waals surface area contributed by atoms with Gasteiger partial charge in [0.1, 0.15) is 0 Å². The number of aliphatic carboxylic acids is 1. The Morgan fingerprint density at radius 3 is 2.03 bits per heavy atom. The summed E-state index contributed by atoms with van der Waals surface area (Å²) in [5.41, 5.74) is 2.59. The van der Waals surface area contributed by atoms with Gasteiger partial charge in [-0.05, 0) is 134 Å². The van der Waals surface area contributed by atoms with Crippen molar-refractivity contribution < 1.29 is 9.90 Å². The lowest BCUT2D eigenvalue weighted by Gasteiger charge is -2.34. The maximum absolute atomic E-state index is 12.8. The fourth-order valence-corrected chi connectivity index (χ4v) is 6.66. The molecule has 0 aromatic heterocycles. The molecule has 0 fully saturated rings. The second-order valence-corrected chi connectivity index (χ2v) is 11.3. The van der Waals surface area contributed by atoms with Crippen molar-refractivity contribution in [2.75, 3.05) is 0 Å². The minimum atomic E-state index is -0.911. The van der Waals surface area contributed by atoms with Crippen molar-refractivity contribution in [2.45, 2.75) is 43.9 Å². The molecule has 162 valence electrons. The largest absolute Gasteiger partial charge is 0.481 e. The van der Waals surface area contributed by atoms with Crippen molar-refractivity contribution >= 4 is 73.7 Å². The van der Waals surface area contributed by atoms with Gasteiger partial charge in [0.25, 0.3) is 0 Å². The molecule has 3 aromatic carbocycles. The van der Waals surface area contributed by atoms with Gasteiger partial charge in [-0.25, -0.2) is 0 Å². The molecular formula is C26H25I3O2. The molecule has 0 bridgehead atoms. The maximum atomic E-state index is 12.8. The van der Waals surface area contributed by atoms with Gasteiger partial charge in [-0.1, -0.05) is 61.5 Å². The fourth-order valence-electron chi connectivity index (χ4n) is 4.27. The topological polar surface area (TPSA) is 37.3 Å². The van der Waals surface area contributed by atoms with Gasteiger partial charge >= 0.3 is 5.97 Å². The second-order valence-electron chi connectivity index (χ2n) is 7.77. The summed E-state index contributed by atoms with van der Waals surface area (Å²) in [5, 5.41) is 10.5. The molecule has 31 heavy (non-hydrogen) atoms. The van der Waals surface area contributed by atoms with Gasteiger partial charge in [0.05, 0.1) is 5.41 Å². The van der Waals surface area contributed by atoms with E-state index in [1.165, 1.54) is 18.3 Å². The summed E-state index contributed by atoms with van der Waals surface area (Å²) < 4.78 is 3.48. The van der Waals surface area contributed by atoms with Crippen molar-refractivity contribution in [3.05, 3.63) is 100 Å². The third-order valence-electron chi connectivity index (χ3n) is 6.06. The standard InChI is InChI=1S/C26H25I3O2/c1-2-26(25(30)31,21-11-5-8-14-24(21)29)17-19(20-10-4-7-13-23(20)28)16-15-18-9-3-6-12-22(18)27/h3-14,19H,2,15-17H2,1H3,(H,30,31). The summed E-state index contributed by atoms with van der Waals surface area (Å²) in [6.45, 7) is 2.00. The van der Waals surface area contributed by atoms with Gasteiger partial charge in [0.2, 0.25) is 0 Å². The first-order valence-corrected chi connectivity index (χ1v) is 13.6. The molecule has 0 aliphatic rings. The zero-order chi connectivity index (χ0) is 22.4. The molecule has 1 N–H and O–H groups in total. The summed E-state index contributed by atoms with van der Waals surface area (Å²) in [7, 11) is 0. The van der Waals surface area contributed by atoms with Crippen LogP contribution in [0.25, 0.3) is 0 Å². The Morgan fingerprint density at radius 2 is 1.45 bits per heavy atom. The lowest BCUT2D eigenvalue weighted by atomic mass is 9.69. The molecular weight excluding hydrogens is 725 g/mol. The van der Waals surface area contributed by atoms with Crippen LogP contribution in [0.5, 0.6) is 0 Å². The van der Waals surface area contributed by atoms with E-state index >= 15 is 0 Å². The molecule has 5 heteroatoms. The van der Waals surface area contributed by atoms with E-state index in [1.54, 1.807) is 0 Å². The molecule has 2 atom stereocenters. The smallest absolute Gasteiger partial charge is 0.314 e. The Hall–Kier alpha value is -0.680. The number of rotatable bonds is 9. The van der Waals surface area contributed by atoms with Crippen molar-refractivity contribution in [2.24, 2.45) is 0 Å². The normalized spacial score (nSPS) is 14.1. The number of carboxylic acids is 1. The Bertz CT molecular complexity index is 1050. The molecule has 0 amide bonds. The highest BCUT2D eigenvalue weighted by molar-refractivity contribution is 14.1. The van der Waals surface area contributed by atoms with Gasteiger partial charge in [0, 0.05) is 10.7 Å². The fraction of sp³-hybridized carbons (Fsp3) is 0.269. The Morgan fingerprint density at radius 1 is 0.871 bits per heavy atom. The van der Waals surface area contributed by atoms with Crippen molar-refractivity contribution in [3.8, 4) is 0 Å². The molecule has 3 rings (SSSR count). The monoisotopic (exact) mass is 750 g/mol. The summed E-state index contributed by atoms with van der Waals surface area (Å²) in [5.74, 6) is -0.583. The quantitative estimate of drug-likeness (QED) is 0.225. The van der Waals surface area contributed by atoms with Crippen LogP contribution >= 0.6 is 67.8 Å². The first-order chi connectivity index (χ1) is 14.9. The second kappa shape index (κ2) is 11.4. The van der Waals surface area contributed by atoms with Crippen LogP contribution in [0.1, 0.15) is 48.8 Å². The Labute approximate surface area is 225 Å². The SMILES string of the molecule is CCC(CC(CCc1ccccc1I)c1ccccc1I)(C(=O)O)c1ccccc1I. The van der Waals surface area contributed by atoms with Gasteiger partial charge in [0.15, 0.2) is 0 Å². The first-order valence-electron chi connectivity index (χ1n) is 10.3. The van der Waals surface area contributed by atoms with Crippen molar-refractivity contribution in [1.82, 2.24) is 0 Å². The highest BCUT2D eigenvalue weighted by Crippen LogP contribution is 2.43. The number of hydrogen-bond donors (Lipinski definition) is 1. The van der Waals surface area contributed by atoms with Crippen LogP contribution in [0.15, 0.2) is 72.8 Å². The number of halogens is 3. The van der Waals surface area contributed by atoms with E-state index in [0.717, 1.165) is 22.0 Å². The average molecular weight is 750 g/mol. The van der Waals surface area contributed by atoms with E-state index in [-0.39, 0.29) is 5.92 Å². The Balaban J connectivity index is 2.03. The molecule has 3 aromatic rings. The Kier molecular flexibility index (Phi) is 9.22. The predicted molar refractivity (Wildman–Crippen MR) is 153 cm³/mol. The highest BCUT2D eigenvalue weighted by atomic mass is 127. The molecule has 2 unspecified atom stereocenters. The molecule has 0 spiro atoms. The number of aryl methyl sites for hydroxylation is 1. The van der Waals surface area contributed by atoms with E-state index in [1.807, 2.05) is 37.3 Å². The van der Waals surface area contributed by atoms with Crippen LogP contribution < -0.4 is 0 Å². The number of benzene rings is 3. The minimum Gasteiger partial charge on any atom is -0.481 e. The minimum absolute atomic E-state index is 0.149. The van der Waals surface area contributed by atoms with Crippen molar-refractivity contribution in [1.29, 1.82) is 0 Å². The molecule has 0 heterocycles. The summed E-state index contributed by atoms with van der Waals surface area (Å²) in [6, 6.07) is 24.8. The molecule has 0 saturated heterocycles. The number of carbonyl (C=O) groups is 1. The highest BCUT2D eigenvalue weighted by Gasteiger charge is 2.42. The van der Waals surface area contributed by atoms with E-state index < -0.39 is 11.4 Å². The third kappa shape index (κ3) is 5.82. The summed E-state index contributed by atoms with van der Waals surface area (Å²) in [6.07, 6.45) is 2.99. The van der Waals surface area contributed by atoms with Crippen LogP contribution in [0.2, 0.25) is 0 Å². The lowest BCUT2D eigenvalue weighted by molar-refractivity contribution is -0.144. The molecule has 0 aliphatic heterocycles. The molecule has 0 radical (unpaired) electrons. The van der Waals surface area contributed by atoms with Crippen LogP contribution in [0.4, 0.5) is 0 Å². The van der Waals surface area contributed by atoms with Gasteiger partial charge in [-0.3, -0.25) is 4.79 Å². The van der Waals surface area contributed by atoms with E-state index in [2.05, 4.69) is 110 Å². The van der Waals surface area contributed by atoms with Crippen LogP contribution in [0.3, 0.4) is 0 Å². The van der Waals surface area contributed by atoms with Gasteiger partial charge in [-0.15, -0.1) is 0 Å². The molecule has 2 nitrogen and oxygen atoms in total. The van der Waals surface area contributed by atoms with Crippen LogP contribution in [-0.4, -0.2) is 11.1 Å². The zero-order valence-corrected chi connectivity index (χ0v) is 23.8.